The summed E-state index contributed by atoms with van der Waals surface area (Å²) >= 11 is 2.82. The van der Waals surface area contributed by atoms with Crippen LogP contribution in [0.1, 0.15) is 37.1 Å². The summed E-state index contributed by atoms with van der Waals surface area (Å²) < 4.78 is 1.64. The normalized spacial score (nSPS) is 16.6. The fourth-order valence-corrected chi connectivity index (χ4v) is 6.86. The van der Waals surface area contributed by atoms with E-state index in [0.717, 1.165) is 42.1 Å². The first-order valence-electron chi connectivity index (χ1n) is 11.7. The Kier molecular flexibility index (Phi) is 6.48. The third-order valence-electron chi connectivity index (χ3n) is 6.76. The molecule has 2 aromatic heterocycles. The van der Waals surface area contributed by atoms with E-state index in [1.54, 1.807) is 16.4 Å². The van der Waals surface area contributed by atoms with Crippen LogP contribution in [0, 0.1) is 5.92 Å². The molecule has 0 bridgehead atoms. The van der Waals surface area contributed by atoms with Crippen molar-refractivity contribution in [3.63, 3.8) is 0 Å². The molecule has 4 heterocycles. The predicted octanol–water partition coefficient (Wildman–Crippen LogP) is 3.70. The minimum atomic E-state index is -0.105. The smallest absolute Gasteiger partial charge is 0.267 e. The van der Waals surface area contributed by atoms with Gasteiger partial charge in [0, 0.05) is 31.4 Å². The van der Waals surface area contributed by atoms with Gasteiger partial charge in [0.05, 0.1) is 23.4 Å². The summed E-state index contributed by atoms with van der Waals surface area (Å²) in [6, 6.07) is 9.49. The number of aromatic nitrogens is 2. The lowest BCUT2D eigenvalue weighted by molar-refractivity contribution is -0.130. The second kappa shape index (κ2) is 9.54. The van der Waals surface area contributed by atoms with Gasteiger partial charge < -0.3 is 9.80 Å². The van der Waals surface area contributed by atoms with E-state index in [0.29, 0.717) is 40.8 Å². The van der Waals surface area contributed by atoms with Gasteiger partial charge in [-0.1, -0.05) is 36.9 Å². The molecule has 0 spiro atoms. The van der Waals surface area contributed by atoms with Crippen molar-refractivity contribution in [1.82, 2.24) is 19.4 Å². The molecule has 0 atom stereocenters. The molecule has 178 valence electrons. The summed E-state index contributed by atoms with van der Waals surface area (Å²) in [7, 11) is 0. The highest BCUT2D eigenvalue weighted by atomic mass is 32.2. The zero-order valence-corrected chi connectivity index (χ0v) is 21.1. The van der Waals surface area contributed by atoms with Gasteiger partial charge in [0.25, 0.3) is 5.56 Å². The van der Waals surface area contributed by atoms with Crippen molar-refractivity contribution in [2.75, 3.05) is 25.4 Å². The van der Waals surface area contributed by atoms with Crippen molar-refractivity contribution < 1.29 is 9.59 Å². The maximum Gasteiger partial charge on any atom is 0.267 e. The maximum absolute atomic E-state index is 13.8. The number of hydrogen-bond acceptors (Lipinski definition) is 6. The molecule has 1 aromatic carbocycles. The van der Waals surface area contributed by atoms with Gasteiger partial charge in [0.1, 0.15) is 4.83 Å². The Morgan fingerprint density at radius 1 is 1.12 bits per heavy atom. The second-order valence-corrected chi connectivity index (χ2v) is 11.1. The molecule has 5 rings (SSSR count). The number of amides is 2. The Morgan fingerprint density at radius 2 is 1.85 bits per heavy atom. The molecule has 3 aromatic rings. The highest BCUT2D eigenvalue weighted by molar-refractivity contribution is 7.99. The van der Waals surface area contributed by atoms with Gasteiger partial charge in [-0.05, 0) is 42.9 Å². The number of para-hydroxylation sites is 1. The average Bonchev–Trinajstić information content (AvgIpc) is 3.21. The summed E-state index contributed by atoms with van der Waals surface area (Å²) in [5, 5.41) is 1.18. The van der Waals surface area contributed by atoms with Crippen LogP contribution in [-0.4, -0.2) is 56.6 Å². The summed E-state index contributed by atoms with van der Waals surface area (Å²) in [4.78, 5) is 48.9. The Bertz CT molecular complexity index is 1290. The molecule has 0 N–H and O–H groups in total. The number of carbonyl (C=O) groups is 2. The Labute approximate surface area is 206 Å². The van der Waals surface area contributed by atoms with Gasteiger partial charge in [-0.3, -0.25) is 19.0 Å². The van der Waals surface area contributed by atoms with Crippen LogP contribution < -0.4 is 5.56 Å². The maximum atomic E-state index is 13.8. The van der Waals surface area contributed by atoms with Crippen LogP contribution in [0.4, 0.5) is 0 Å². The second-order valence-electron chi connectivity index (χ2n) is 9.10. The van der Waals surface area contributed by atoms with E-state index in [1.165, 1.54) is 23.1 Å². The van der Waals surface area contributed by atoms with E-state index >= 15 is 0 Å². The molecule has 1 saturated heterocycles. The SMILES string of the molecule is CC(=O)N1CCc2c(sc3nc(SCC(=O)N4CCC(C)CC4)n(-c4ccccc4)c(=O)c23)C1. The molecule has 9 heteroatoms. The molecule has 0 saturated carbocycles. The van der Waals surface area contributed by atoms with Crippen LogP contribution in [0.15, 0.2) is 40.3 Å². The molecule has 7 nitrogen and oxygen atoms in total. The molecule has 0 radical (unpaired) electrons. The quantitative estimate of drug-likeness (QED) is 0.407. The number of thioether (sulfide) groups is 1. The van der Waals surface area contributed by atoms with Crippen LogP contribution in [0.2, 0.25) is 0 Å². The summed E-state index contributed by atoms with van der Waals surface area (Å²) in [6.45, 7) is 6.52. The van der Waals surface area contributed by atoms with Gasteiger partial charge in [-0.25, -0.2) is 4.98 Å². The van der Waals surface area contributed by atoms with Crippen LogP contribution in [0.3, 0.4) is 0 Å². The van der Waals surface area contributed by atoms with Crippen molar-refractivity contribution in [2.45, 2.75) is 44.8 Å². The lowest BCUT2D eigenvalue weighted by atomic mass is 9.99. The largest absolute Gasteiger partial charge is 0.342 e. The third-order valence-corrected chi connectivity index (χ3v) is 8.80. The summed E-state index contributed by atoms with van der Waals surface area (Å²) in [5.41, 5.74) is 1.64. The summed E-state index contributed by atoms with van der Waals surface area (Å²) in [6.07, 6.45) is 2.72. The monoisotopic (exact) mass is 496 g/mol. The Balaban J connectivity index is 1.52. The zero-order valence-electron chi connectivity index (χ0n) is 19.5. The van der Waals surface area contributed by atoms with E-state index < -0.39 is 0 Å². The van der Waals surface area contributed by atoms with Crippen molar-refractivity contribution in [2.24, 2.45) is 5.92 Å². The van der Waals surface area contributed by atoms with Crippen LogP contribution in [0.25, 0.3) is 15.9 Å². The number of hydrogen-bond donors (Lipinski definition) is 0. The fourth-order valence-electron chi connectivity index (χ4n) is 4.67. The van der Waals surface area contributed by atoms with Crippen molar-refractivity contribution >= 4 is 45.1 Å². The van der Waals surface area contributed by atoms with Gasteiger partial charge in [-0.2, -0.15) is 0 Å². The van der Waals surface area contributed by atoms with E-state index in [1.807, 2.05) is 35.2 Å². The molecular weight excluding hydrogens is 468 g/mol. The molecular formula is C25H28N4O3S2. The summed E-state index contributed by atoms with van der Waals surface area (Å²) in [5.74, 6) is 1.04. The minimum absolute atomic E-state index is 0.0413. The number of nitrogens with zero attached hydrogens (tertiary/aromatic N) is 4. The first kappa shape index (κ1) is 23.1. The lowest BCUT2D eigenvalue weighted by Crippen LogP contribution is -2.39. The van der Waals surface area contributed by atoms with Crippen LogP contribution >= 0.6 is 23.1 Å². The predicted molar refractivity (Wildman–Crippen MR) is 136 cm³/mol. The minimum Gasteiger partial charge on any atom is -0.342 e. The number of rotatable bonds is 4. The molecule has 2 amide bonds. The Hall–Kier alpha value is -2.65. The van der Waals surface area contributed by atoms with Crippen molar-refractivity contribution in [3.05, 3.63) is 51.1 Å². The van der Waals surface area contributed by atoms with E-state index in [-0.39, 0.29) is 23.1 Å². The average molecular weight is 497 g/mol. The standard InChI is InChI=1S/C25H28N4O3S2/c1-16-8-11-27(12-9-16)21(31)15-33-25-26-23-22(24(32)29(25)18-6-4-3-5-7-18)19-10-13-28(17(2)30)14-20(19)34-23/h3-7,16H,8-15H2,1-2H3. The number of benzene rings is 1. The lowest BCUT2D eigenvalue weighted by Gasteiger charge is -2.30. The van der Waals surface area contributed by atoms with Crippen molar-refractivity contribution in [3.8, 4) is 5.69 Å². The van der Waals surface area contributed by atoms with Crippen LogP contribution in [-0.2, 0) is 22.6 Å². The molecule has 0 aliphatic carbocycles. The molecule has 34 heavy (non-hydrogen) atoms. The number of thiophene rings is 1. The number of piperidine rings is 1. The molecule has 1 fully saturated rings. The van der Waals surface area contributed by atoms with E-state index in [9.17, 15) is 14.4 Å². The van der Waals surface area contributed by atoms with E-state index in [4.69, 9.17) is 4.98 Å². The number of fused-ring (bicyclic) bond motifs is 3. The van der Waals surface area contributed by atoms with E-state index in [2.05, 4.69) is 6.92 Å². The molecule has 2 aliphatic rings. The Morgan fingerprint density at radius 3 is 2.56 bits per heavy atom. The highest BCUT2D eigenvalue weighted by Crippen LogP contribution is 2.34. The fraction of sp³-hybridized carbons (Fsp3) is 0.440. The third kappa shape index (κ3) is 4.38. The first-order chi connectivity index (χ1) is 16.4. The topological polar surface area (TPSA) is 75.5 Å². The van der Waals surface area contributed by atoms with Crippen molar-refractivity contribution in [1.29, 1.82) is 0 Å². The molecule has 2 aliphatic heterocycles. The highest BCUT2D eigenvalue weighted by Gasteiger charge is 2.27. The zero-order chi connectivity index (χ0) is 23.8. The number of likely N-dealkylation sites (tertiary alicyclic amines) is 1. The molecule has 0 unspecified atom stereocenters. The van der Waals surface area contributed by atoms with Gasteiger partial charge >= 0.3 is 0 Å². The first-order valence-corrected chi connectivity index (χ1v) is 13.5. The van der Waals surface area contributed by atoms with Gasteiger partial charge in [0.2, 0.25) is 11.8 Å². The van der Waals surface area contributed by atoms with Gasteiger partial charge in [-0.15, -0.1) is 11.3 Å². The number of carbonyl (C=O) groups excluding carboxylic acids is 2. The van der Waals surface area contributed by atoms with Gasteiger partial charge in [0.15, 0.2) is 5.16 Å². The van der Waals surface area contributed by atoms with Crippen LogP contribution in [0.5, 0.6) is 0 Å².